The molecule has 0 aromatic heterocycles. The van der Waals surface area contributed by atoms with E-state index in [0.29, 0.717) is 6.54 Å². The highest BCUT2D eigenvalue weighted by atomic mass is 35.5. The van der Waals surface area contributed by atoms with Gasteiger partial charge in [-0.05, 0) is 23.6 Å². The summed E-state index contributed by atoms with van der Waals surface area (Å²) in [5, 5.41) is 0.720. The molecule has 0 radical (unpaired) electrons. The first kappa shape index (κ1) is 10.5. The van der Waals surface area contributed by atoms with Gasteiger partial charge in [0.2, 0.25) is 0 Å². The molecule has 0 unspecified atom stereocenters. The van der Waals surface area contributed by atoms with Crippen molar-refractivity contribution in [1.29, 1.82) is 0 Å². The molecule has 0 saturated carbocycles. The summed E-state index contributed by atoms with van der Waals surface area (Å²) < 4.78 is 0. The third-order valence-corrected chi connectivity index (χ3v) is 2.48. The van der Waals surface area contributed by atoms with Crippen molar-refractivity contribution in [2.75, 3.05) is 6.54 Å². The van der Waals surface area contributed by atoms with E-state index < -0.39 is 0 Å². The zero-order valence-corrected chi connectivity index (χ0v) is 8.51. The highest BCUT2D eigenvalue weighted by molar-refractivity contribution is 6.31. The second-order valence-corrected chi connectivity index (χ2v) is 3.42. The highest BCUT2D eigenvalue weighted by Crippen LogP contribution is 2.25. The standard InChI is InChI=1S/C10H15ClN2/c1-2-7-4-3-5-8(11)10(7)9(13)6-12/h3-5,9H,2,6,12-13H2,1H3/t9-/m0/s1. The summed E-state index contributed by atoms with van der Waals surface area (Å²) in [6.07, 6.45) is 0.934. The van der Waals surface area contributed by atoms with Crippen molar-refractivity contribution < 1.29 is 0 Å². The molecule has 3 heteroatoms. The maximum absolute atomic E-state index is 6.05. The molecule has 0 fully saturated rings. The average molecular weight is 199 g/mol. The van der Waals surface area contributed by atoms with Crippen molar-refractivity contribution in [2.45, 2.75) is 19.4 Å². The Morgan fingerprint density at radius 2 is 2.15 bits per heavy atom. The smallest absolute Gasteiger partial charge is 0.0456 e. The van der Waals surface area contributed by atoms with Gasteiger partial charge in [-0.2, -0.15) is 0 Å². The lowest BCUT2D eigenvalue weighted by Gasteiger charge is -2.15. The molecule has 0 heterocycles. The van der Waals surface area contributed by atoms with E-state index in [1.807, 2.05) is 18.2 Å². The molecule has 1 atom stereocenters. The SMILES string of the molecule is CCc1cccc(Cl)c1[C@@H](N)CN. The fourth-order valence-corrected chi connectivity index (χ4v) is 1.76. The van der Waals surface area contributed by atoms with Crippen LogP contribution in [0.3, 0.4) is 0 Å². The van der Waals surface area contributed by atoms with Crippen LogP contribution in [0.15, 0.2) is 18.2 Å². The normalized spacial score (nSPS) is 12.9. The van der Waals surface area contributed by atoms with Crippen molar-refractivity contribution in [3.05, 3.63) is 34.3 Å². The Bertz CT molecular complexity index is 286. The van der Waals surface area contributed by atoms with Crippen LogP contribution in [0, 0.1) is 0 Å². The molecular weight excluding hydrogens is 184 g/mol. The van der Waals surface area contributed by atoms with Gasteiger partial charge in [0.05, 0.1) is 0 Å². The minimum atomic E-state index is -0.149. The number of hydrogen-bond donors (Lipinski definition) is 2. The monoisotopic (exact) mass is 198 g/mol. The molecule has 13 heavy (non-hydrogen) atoms. The molecule has 0 saturated heterocycles. The lowest BCUT2D eigenvalue weighted by Crippen LogP contribution is -2.22. The van der Waals surface area contributed by atoms with E-state index in [1.165, 1.54) is 5.56 Å². The van der Waals surface area contributed by atoms with Crippen LogP contribution in [0.4, 0.5) is 0 Å². The van der Waals surface area contributed by atoms with Crippen LogP contribution in [-0.2, 0) is 6.42 Å². The zero-order chi connectivity index (χ0) is 9.84. The number of rotatable bonds is 3. The summed E-state index contributed by atoms with van der Waals surface area (Å²) in [6, 6.07) is 5.68. The largest absolute Gasteiger partial charge is 0.329 e. The molecule has 1 aromatic rings. The molecule has 0 spiro atoms. The van der Waals surface area contributed by atoms with E-state index in [1.54, 1.807) is 0 Å². The van der Waals surface area contributed by atoms with E-state index in [0.717, 1.165) is 17.0 Å². The van der Waals surface area contributed by atoms with Crippen molar-refractivity contribution in [1.82, 2.24) is 0 Å². The van der Waals surface area contributed by atoms with Crippen molar-refractivity contribution in [3.63, 3.8) is 0 Å². The van der Waals surface area contributed by atoms with Gasteiger partial charge >= 0.3 is 0 Å². The summed E-state index contributed by atoms with van der Waals surface area (Å²) in [5.74, 6) is 0. The summed E-state index contributed by atoms with van der Waals surface area (Å²) in [6.45, 7) is 2.51. The van der Waals surface area contributed by atoms with Gasteiger partial charge in [0.1, 0.15) is 0 Å². The Labute approximate surface area is 83.9 Å². The van der Waals surface area contributed by atoms with Gasteiger partial charge in [-0.15, -0.1) is 0 Å². The summed E-state index contributed by atoms with van der Waals surface area (Å²) in [5.41, 5.74) is 13.6. The topological polar surface area (TPSA) is 52.0 Å². The highest BCUT2D eigenvalue weighted by Gasteiger charge is 2.11. The van der Waals surface area contributed by atoms with E-state index in [-0.39, 0.29) is 6.04 Å². The van der Waals surface area contributed by atoms with Crippen LogP contribution in [0.5, 0.6) is 0 Å². The van der Waals surface area contributed by atoms with Gasteiger partial charge in [-0.1, -0.05) is 30.7 Å². The third kappa shape index (κ3) is 2.21. The van der Waals surface area contributed by atoms with E-state index in [4.69, 9.17) is 23.1 Å². The van der Waals surface area contributed by atoms with Crippen LogP contribution in [0.2, 0.25) is 5.02 Å². The van der Waals surface area contributed by atoms with Gasteiger partial charge in [0, 0.05) is 17.6 Å². The third-order valence-electron chi connectivity index (χ3n) is 2.15. The van der Waals surface area contributed by atoms with Crippen LogP contribution >= 0.6 is 11.6 Å². The molecule has 0 bridgehead atoms. The Morgan fingerprint density at radius 1 is 1.46 bits per heavy atom. The minimum absolute atomic E-state index is 0.149. The van der Waals surface area contributed by atoms with Gasteiger partial charge in [-0.3, -0.25) is 0 Å². The first-order chi connectivity index (χ1) is 6.20. The van der Waals surface area contributed by atoms with Gasteiger partial charge < -0.3 is 11.5 Å². The predicted molar refractivity (Wildman–Crippen MR) is 56.8 cm³/mol. The Balaban J connectivity index is 3.14. The lowest BCUT2D eigenvalue weighted by molar-refractivity contribution is 0.727. The Kier molecular flexibility index (Phi) is 3.72. The molecule has 0 aliphatic heterocycles. The van der Waals surface area contributed by atoms with Crippen molar-refractivity contribution >= 4 is 11.6 Å². The van der Waals surface area contributed by atoms with Gasteiger partial charge in [-0.25, -0.2) is 0 Å². The van der Waals surface area contributed by atoms with E-state index in [2.05, 4.69) is 6.92 Å². The first-order valence-electron chi connectivity index (χ1n) is 4.43. The van der Waals surface area contributed by atoms with E-state index in [9.17, 15) is 0 Å². The molecule has 1 aromatic carbocycles. The predicted octanol–water partition coefficient (Wildman–Crippen LogP) is 1.86. The zero-order valence-electron chi connectivity index (χ0n) is 7.76. The van der Waals surface area contributed by atoms with Gasteiger partial charge in [0.25, 0.3) is 0 Å². The molecule has 72 valence electrons. The summed E-state index contributed by atoms with van der Waals surface area (Å²) in [4.78, 5) is 0. The van der Waals surface area contributed by atoms with Gasteiger partial charge in [0.15, 0.2) is 0 Å². The molecule has 0 aliphatic rings. The number of aryl methyl sites for hydroxylation is 1. The molecule has 0 amide bonds. The van der Waals surface area contributed by atoms with Crippen molar-refractivity contribution in [3.8, 4) is 0 Å². The van der Waals surface area contributed by atoms with Crippen LogP contribution in [-0.4, -0.2) is 6.54 Å². The molecule has 4 N–H and O–H groups in total. The number of halogens is 1. The number of nitrogens with two attached hydrogens (primary N) is 2. The second kappa shape index (κ2) is 4.61. The Hall–Kier alpha value is -0.570. The maximum Gasteiger partial charge on any atom is 0.0456 e. The second-order valence-electron chi connectivity index (χ2n) is 3.01. The first-order valence-corrected chi connectivity index (χ1v) is 4.81. The van der Waals surface area contributed by atoms with Crippen molar-refractivity contribution in [2.24, 2.45) is 11.5 Å². The number of hydrogen-bond acceptors (Lipinski definition) is 2. The van der Waals surface area contributed by atoms with Crippen LogP contribution < -0.4 is 11.5 Å². The molecule has 2 nitrogen and oxygen atoms in total. The number of benzene rings is 1. The fourth-order valence-electron chi connectivity index (χ4n) is 1.42. The Morgan fingerprint density at radius 3 is 2.69 bits per heavy atom. The van der Waals surface area contributed by atoms with E-state index >= 15 is 0 Å². The average Bonchev–Trinajstić information content (AvgIpc) is 2.16. The minimum Gasteiger partial charge on any atom is -0.329 e. The lowest BCUT2D eigenvalue weighted by atomic mass is 9.99. The van der Waals surface area contributed by atoms with Crippen LogP contribution in [0.25, 0.3) is 0 Å². The molecule has 0 aliphatic carbocycles. The molecule has 1 rings (SSSR count). The fraction of sp³-hybridized carbons (Fsp3) is 0.400. The summed E-state index contributed by atoms with van der Waals surface area (Å²) >= 11 is 6.05. The quantitative estimate of drug-likeness (QED) is 0.779. The van der Waals surface area contributed by atoms with Crippen LogP contribution in [0.1, 0.15) is 24.1 Å². The maximum atomic E-state index is 6.05. The molecular formula is C10H15ClN2. The summed E-state index contributed by atoms with van der Waals surface area (Å²) in [7, 11) is 0.